The van der Waals surface area contributed by atoms with E-state index < -0.39 is 59.2 Å². The number of hydrogen-bond donors (Lipinski definition) is 2. The summed E-state index contributed by atoms with van der Waals surface area (Å²) in [6.07, 6.45) is -7.99. The average Bonchev–Trinajstić information content (AvgIpc) is 3.20. The van der Waals surface area contributed by atoms with E-state index in [1.165, 1.54) is 42.8 Å². The summed E-state index contributed by atoms with van der Waals surface area (Å²) in [5.74, 6) is -1.85. The first-order valence-corrected chi connectivity index (χ1v) is 12.5. The zero-order chi connectivity index (χ0) is 30.0. The van der Waals surface area contributed by atoms with Crippen molar-refractivity contribution in [3.63, 3.8) is 0 Å². The highest BCUT2D eigenvalue weighted by Gasteiger charge is 2.42. The van der Waals surface area contributed by atoms with Gasteiger partial charge in [0.2, 0.25) is 0 Å². The first kappa shape index (κ1) is 31.4. The summed E-state index contributed by atoms with van der Waals surface area (Å²) in [4.78, 5) is 14.1. The Morgan fingerprint density at radius 1 is 1.20 bits per heavy atom. The summed E-state index contributed by atoms with van der Waals surface area (Å²) in [5, 5.41) is 12.8. The number of hydrogen-bond acceptors (Lipinski definition) is 5. The summed E-state index contributed by atoms with van der Waals surface area (Å²) in [6.45, 7) is 2.94. The standard InChI is InChI=1S/C25H27F7N4O3S/c1-4-35(16-5-6-19(26)14(2)9-16)23(38)39-21-18(25(30,31)32)10-15(24(27,28)29)11-20(21)36-8-7-34(22(36)40)13-17(37)12-33-3/h5-11,14,17,19,33,37H,4,12-13H2,1-3H3. The number of amides is 1. The van der Waals surface area contributed by atoms with Gasteiger partial charge in [0.1, 0.15) is 11.7 Å². The van der Waals surface area contributed by atoms with Crippen LogP contribution in [0.1, 0.15) is 25.0 Å². The van der Waals surface area contributed by atoms with E-state index in [4.69, 9.17) is 17.0 Å². The summed E-state index contributed by atoms with van der Waals surface area (Å²) in [7, 11) is 1.57. The van der Waals surface area contributed by atoms with Crippen molar-refractivity contribution in [1.29, 1.82) is 0 Å². The number of likely N-dealkylation sites (N-methyl/N-ethyl adjacent to an activating group) is 2. The van der Waals surface area contributed by atoms with Crippen molar-refractivity contribution in [2.24, 2.45) is 5.92 Å². The van der Waals surface area contributed by atoms with Crippen LogP contribution in [0.3, 0.4) is 0 Å². The summed E-state index contributed by atoms with van der Waals surface area (Å²) >= 11 is 5.28. The Labute approximate surface area is 230 Å². The lowest BCUT2D eigenvalue weighted by molar-refractivity contribution is -0.143. The Hall–Kier alpha value is -3.17. The van der Waals surface area contributed by atoms with Gasteiger partial charge in [-0.15, -0.1) is 0 Å². The van der Waals surface area contributed by atoms with Crippen LogP contribution in [-0.4, -0.2) is 57.6 Å². The molecule has 220 valence electrons. The molecule has 0 saturated heterocycles. The van der Waals surface area contributed by atoms with Gasteiger partial charge in [-0.3, -0.25) is 9.47 Å². The van der Waals surface area contributed by atoms with E-state index in [0.29, 0.717) is 6.07 Å². The number of benzene rings is 1. The number of carbonyl (C=O) groups excluding carboxylic acids is 1. The number of aliphatic hydroxyl groups is 1. The lowest BCUT2D eigenvalue weighted by Crippen LogP contribution is -2.34. The molecule has 1 aliphatic rings. The molecule has 3 atom stereocenters. The molecule has 40 heavy (non-hydrogen) atoms. The fraction of sp³-hybridized carbons (Fsp3) is 0.440. The molecule has 0 bridgehead atoms. The second-order valence-corrected chi connectivity index (χ2v) is 9.41. The van der Waals surface area contributed by atoms with Crippen LogP contribution >= 0.6 is 12.2 Å². The van der Waals surface area contributed by atoms with Crippen LogP contribution < -0.4 is 10.1 Å². The molecule has 1 aliphatic carbocycles. The second-order valence-electron chi connectivity index (χ2n) is 9.05. The third-order valence-electron chi connectivity index (χ3n) is 6.08. The molecular formula is C25H27F7N4O3S. The molecule has 0 radical (unpaired) electrons. The van der Waals surface area contributed by atoms with Gasteiger partial charge < -0.3 is 19.7 Å². The maximum absolute atomic E-state index is 14.1. The molecule has 0 fully saturated rings. The number of alkyl halides is 7. The predicted molar refractivity (Wildman–Crippen MR) is 134 cm³/mol. The third kappa shape index (κ3) is 6.93. The van der Waals surface area contributed by atoms with Crippen molar-refractivity contribution < 1.29 is 45.4 Å². The number of carbonyl (C=O) groups is 1. The molecule has 2 aromatic rings. The van der Waals surface area contributed by atoms with E-state index >= 15 is 0 Å². The number of allylic oxidation sites excluding steroid dienone is 3. The van der Waals surface area contributed by atoms with Crippen LogP contribution in [0, 0.1) is 10.7 Å². The number of ether oxygens (including phenoxy) is 1. The van der Waals surface area contributed by atoms with Crippen molar-refractivity contribution in [1.82, 2.24) is 19.4 Å². The van der Waals surface area contributed by atoms with E-state index in [0.717, 1.165) is 15.7 Å². The van der Waals surface area contributed by atoms with Gasteiger partial charge in [0.05, 0.1) is 23.9 Å². The Morgan fingerprint density at radius 3 is 2.42 bits per heavy atom. The van der Waals surface area contributed by atoms with Gasteiger partial charge in [0.25, 0.3) is 0 Å². The van der Waals surface area contributed by atoms with E-state index in [1.807, 2.05) is 0 Å². The molecule has 1 heterocycles. The molecule has 15 heteroatoms. The number of nitrogens with one attached hydrogen (secondary N) is 1. The highest BCUT2D eigenvalue weighted by Crippen LogP contribution is 2.44. The van der Waals surface area contributed by atoms with Gasteiger partial charge in [-0.05, 0) is 50.5 Å². The number of halogens is 7. The van der Waals surface area contributed by atoms with Crippen LogP contribution in [0.5, 0.6) is 5.75 Å². The zero-order valence-corrected chi connectivity index (χ0v) is 22.4. The van der Waals surface area contributed by atoms with Crippen molar-refractivity contribution >= 4 is 18.3 Å². The molecule has 0 spiro atoms. The Bertz CT molecular complexity index is 1350. The monoisotopic (exact) mass is 596 g/mol. The Kier molecular flexibility index (Phi) is 9.52. The van der Waals surface area contributed by atoms with Gasteiger partial charge >= 0.3 is 18.4 Å². The maximum Gasteiger partial charge on any atom is 0.420 e. The minimum atomic E-state index is -5.36. The number of rotatable bonds is 8. The highest BCUT2D eigenvalue weighted by molar-refractivity contribution is 7.71. The molecule has 1 amide bonds. The minimum absolute atomic E-state index is 0.102. The van der Waals surface area contributed by atoms with Crippen molar-refractivity contribution in [2.45, 2.75) is 45.0 Å². The van der Waals surface area contributed by atoms with E-state index in [-0.39, 0.29) is 36.2 Å². The van der Waals surface area contributed by atoms with Crippen LogP contribution in [0.2, 0.25) is 0 Å². The quantitative estimate of drug-likeness (QED) is 0.295. The largest absolute Gasteiger partial charge is 0.420 e. The molecule has 2 N–H and O–H groups in total. The molecule has 0 aliphatic heterocycles. The van der Waals surface area contributed by atoms with Gasteiger partial charge in [0.15, 0.2) is 10.5 Å². The zero-order valence-electron chi connectivity index (χ0n) is 21.6. The Morgan fingerprint density at radius 2 is 1.88 bits per heavy atom. The van der Waals surface area contributed by atoms with Gasteiger partial charge in [-0.25, -0.2) is 9.18 Å². The van der Waals surface area contributed by atoms with Crippen LogP contribution in [0.15, 0.2) is 48.5 Å². The Balaban J connectivity index is 2.19. The second kappa shape index (κ2) is 12.1. The highest BCUT2D eigenvalue weighted by atomic mass is 32.1. The van der Waals surface area contributed by atoms with Crippen LogP contribution in [0.4, 0.5) is 35.5 Å². The minimum Gasteiger partial charge on any atom is -0.407 e. The SMILES string of the molecule is CCN(C(=O)Oc1c(-n2ccn(CC(O)CNC)c2=S)cc(C(F)(F)F)cc1C(F)(F)F)C1=CC(C)C(F)C=C1. The van der Waals surface area contributed by atoms with Crippen molar-refractivity contribution in [2.75, 3.05) is 20.1 Å². The molecule has 0 saturated carbocycles. The molecule has 1 aromatic heterocycles. The van der Waals surface area contributed by atoms with Crippen molar-refractivity contribution in [3.8, 4) is 11.4 Å². The molecule has 7 nitrogen and oxygen atoms in total. The summed E-state index contributed by atoms with van der Waals surface area (Å²) in [6, 6.07) is 0.253. The fourth-order valence-electron chi connectivity index (χ4n) is 4.06. The first-order chi connectivity index (χ1) is 18.6. The lowest BCUT2D eigenvalue weighted by Gasteiger charge is -2.27. The van der Waals surface area contributed by atoms with Crippen LogP contribution in [0.25, 0.3) is 5.69 Å². The molecule has 1 aromatic carbocycles. The molecule has 3 unspecified atom stereocenters. The third-order valence-corrected chi connectivity index (χ3v) is 6.51. The van der Waals surface area contributed by atoms with Crippen LogP contribution in [-0.2, 0) is 18.9 Å². The van der Waals surface area contributed by atoms with E-state index in [1.54, 1.807) is 7.05 Å². The van der Waals surface area contributed by atoms with E-state index in [9.17, 15) is 40.6 Å². The maximum atomic E-state index is 14.1. The van der Waals surface area contributed by atoms with Gasteiger partial charge in [0, 0.05) is 37.1 Å². The molecule has 3 rings (SSSR count). The lowest BCUT2D eigenvalue weighted by atomic mass is 9.99. The topological polar surface area (TPSA) is 71.7 Å². The number of aliphatic hydroxyl groups excluding tert-OH is 1. The number of nitrogens with zero attached hydrogens (tertiary/aromatic N) is 3. The predicted octanol–water partition coefficient (Wildman–Crippen LogP) is 5.87. The summed E-state index contributed by atoms with van der Waals surface area (Å²) in [5.41, 5.74) is -4.13. The van der Waals surface area contributed by atoms with Gasteiger partial charge in [-0.1, -0.05) is 13.0 Å². The number of imidazole rings is 1. The van der Waals surface area contributed by atoms with Gasteiger partial charge in [-0.2, -0.15) is 26.3 Å². The smallest absolute Gasteiger partial charge is 0.407 e. The first-order valence-electron chi connectivity index (χ1n) is 12.0. The summed E-state index contributed by atoms with van der Waals surface area (Å²) < 4.78 is 104. The van der Waals surface area contributed by atoms with E-state index in [2.05, 4.69) is 5.32 Å². The number of aromatic nitrogens is 2. The fourth-order valence-corrected chi connectivity index (χ4v) is 4.35. The normalized spacial score (nSPS) is 18.4. The van der Waals surface area contributed by atoms with Crippen molar-refractivity contribution in [3.05, 3.63) is 64.3 Å². The molecular weight excluding hydrogens is 569 g/mol. The average molecular weight is 597 g/mol.